The predicted octanol–water partition coefficient (Wildman–Crippen LogP) is 1.60. The molecule has 2 rings (SSSR count). The number of methoxy groups -OCH3 is 1. The number of pyridine rings is 1. The number of nitrogens with zero attached hydrogens (tertiary/aromatic N) is 2. The molecule has 0 radical (unpaired) electrons. The van der Waals surface area contributed by atoms with Gasteiger partial charge in [-0.3, -0.25) is 9.88 Å². The van der Waals surface area contributed by atoms with E-state index < -0.39 is 5.60 Å². The lowest BCUT2D eigenvalue weighted by Gasteiger charge is -2.49. The molecule has 0 unspecified atom stereocenters. The standard InChI is InChI=1S/C14H22N2O2/c1-10(2)14(17)8-16(9-14)7-12-6-13(18-4)5-11(3)15-12/h5-6,10,17H,7-9H2,1-4H3. The Morgan fingerprint density at radius 1 is 1.44 bits per heavy atom. The van der Waals surface area contributed by atoms with Crippen LogP contribution in [-0.4, -0.2) is 40.8 Å². The zero-order valence-electron chi connectivity index (χ0n) is 11.6. The molecule has 0 aromatic carbocycles. The highest BCUT2D eigenvalue weighted by atomic mass is 16.5. The van der Waals surface area contributed by atoms with Crippen molar-refractivity contribution in [1.82, 2.24) is 9.88 Å². The Hall–Kier alpha value is -1.13. The van der Waals surface area contributed by atoms with Crippen molar-refractivity contribution in [1.29, 1.82) is 0 Å². The average Bonchev–Trinajstić information content (AvgIpc) is 2.25. The summed E-state index contributed by atoms with van der Waals surface area (Å²) in [5, 5.41) is 10.2. The third-order valence-corrected chi connectivity index (χ3v) is 3.67. The van der Waals surface area contributed by atoms with Crippen LogP contribution in [0.2, 0.25) is 0 Å². The van der Waals surface area contributed by atoms with Gasteiger partial charge in [-0.05, 0) is 12.8 Å². The van der Waals surface area contributed by atoms with Crippen LogP contribution in [0.5, 0.6) is 5.75 Å². The maximum atomic E-state index is 10.2. The Kier molecular flexibility index (Phi) is 3.59. The van der Waals surface area contributed by atoms with Crippen LogP contribution < -0.4 is 4.74 Å². The summed E-state index contributed by atoms with van der Waals surface area (Å²) >= 11 is 0. The maximum Gasteiger partial charge on any atom is 0.122 e. The summed E-state index contributed by atoms with van der Waals surface area (Å²) in [7, 11) is 1.67. The van der Waals surface area contributed by atoms with Gasteiger partial charge in [0.25, 0.3) is 0 Å². The van der Waals surface area contributed by atoms with Crippen LogP contribution in [0.1, 0.15) is 25.2 Å². The molecule has 1 saturated heterocycles. The van der Waals surface area contributed by atoms with Crippen molar-refractivity contribution in [2.24, 2.45) is 5.92 Å². The van der Waals surface area contributed by atoms with Gasteiger partial charge in [-0.15, -0.1) is 0 Å². The monoisotopic (exact) mass is 250 g/mol. The Morgan fingerprint density at radius 3 is 2.67 bits per heavy atom. The second-order valence-electron chi connectivity index (χ2n) is 5.54. The highest BCUT2D eigenvalue weighted by Crippen LogP contribution is 2.29. The molecule has 0 aliphatic carbocycles. The predicted molar refractivity (Wildman–Crippen MR) is 70.6 cm³/mol. The first-order valence-electron chi connectivity index (χ1n) is 6.39. The van der Waals surface area contributed by atoms with Crippen LogP contribution in [0, 0.1) is 12.8 Å². The highest BCUT2D eigenvalue weighted by Gasteiger charge is 2.43. The molecule has 0 atom stereocenters. The number of likely N-dealkylation sites (tertiary alicyclic amines) is 1. The number of hydrogen-bond donors (Lipinski definition) is 1. The van der Waals surface area contributed by atoms with E-state index >= 15 is 0 Å². The van der Waals surface area contributed by atoms with Crippen LogP contribution in [0.15, 0.2) is 12.1 Å². The number of β-amino-alcohol motifs (C(OH)–C–C–N with tert-alkyl or cyclic N) is 1. The molecule has 4 nitrogen and oxygen atoms in total. The molecule has 4 heteroatoms. The Morgan fingerprint density at radius 2 is 2.11 bits per heavy atom. The zero-order valence-corrected chi connectivity index (χ0v) is 11.6. The minimum Gasteiger partial charge on any atom is -0.497 e. The first-order valence-corrected chi connectivity index (χ1v) is 6.39. The molecule has 0 saturated carbocycles. The van der Waals surface area contributed by atoms with E-state index in [-0.39, 0.29) is 0 Å². The van der Waals surface area contributed by atoms with Gasteiger partial charge in [-0.1, -0.05) is 13.8 Å². The van der Waals surface area contributed by atoms with Crippen LogP contribution in [0.25, 0.3) is 0 Å². The third-order valence-electron chi connectivity index (χ3n) is 3.67. The van der Waals surface area contributed by atoms with Gasteiger partial charge in [0, 0.05) is 37.5 Å². The summed E-state index contributed by atoms with van der Waals surface area (Å²) in [5.41, 5.74) is 1.44. The van der Waals surface area contributed by atoms with Crippen LogP contribution >= 0.6 is 0 Å². The normalized spacial score (nSPS) is 18.8. The van der Waals surface area contributed by atoms with Crippen molar-refractivity contribution in [3.63, 3.8) is 0 Å². The molecular weight excluding hydrogens is 228 g/mol. The molecule has 1 aliphatic rings. The summed E-state index contributed by atoms with van der Waals surface area (Å²) in [5.74, 6) is 1.14. The first kappa shape index (κ1) is 13.3. The number of hydrogen-bond acceptors (Lipinski definition) is 4. The molecule has 1 fully saturated rings. The number of rotatable bonds is 4. The van der Waals surface area contributed by atoms with Gasteiger partial charge in [0.05, 0.1) is 18.4 Å². The van der Waals surface area contributed by atoms with Gasteiger partial charge in [-0.2, -0.15) is 0 Å². The van der Waals surface area contributed by atoms with Gasteiger partial charge in [0.2, 0.25) is 0 Å². The molecular formula is C14H22N2O2. The molecule has 2 heterocycles. The summed E-state index contributed by atoms with van der Waals surface area (Å²) < 4.78 is 5.24. The maximum absolute atomic E-state index is 10.2. The topological polar surface area (TPSA) is 45.6 Å². The molecule has 18 heavy (non-hydrogen) atoms. The molecule has 0 amide bonds. The van der Waals surface area contributed by atoms with E-state index in [4.69, 9.17) is 4.74 Å². The van der Waals surface area contributed by atoms with E-state index in [0.717, 1.165) is 36.8 Å². The molecule has 1 aromatic heterocycles. The molecule has 0 spiro atoms. The van der Waals surface area contributed by atoms with E-state index in [0.29, 0.717) is 5.92 Å². The van der Waals surface area contributed by atoms with Crippen LogP contribution in [0.4, 0.5) is 0 Å². The molecule has 1 aliphatic heterocycles. The van der Waals surface area contributed by atoms with Crippen molar-refractivity contribution < 1.29 is 9.84 Å². The fourth-order valence-corrected chi connectivity index (χ4v) is 2.34. The summed E-state index contributed by atoms with van der Waals surface area (Å²) in [6.07, 6.45) is 0. The van der Waals surface area contributed by atoms with E-state index in [1.165, 1.54) is 0 Å². The molecule has 1 N–H and O–H groups in total. The zero-order chi connectivity index (χ0) is 13.3. The van der Waals surface area contributed by atoms with Crippen molar-refractivity contribution in [2.45, 2.75) is 32.9 Å². The van der Waals surface area contributed by atoms with Crippen molar-refractivity contribution in [3.8, 4) is 5.75 Å². The lowest BCUT2D eigenvalue weighted by atomic mass is 9.83. The van der Waals surface area contributed by atoms with Gasteiger partial charge >= 0.3 is 0 Å². The van der Waals surface area contributed by atoms with E-state index in [2.05, 4.69) is 23.7 Å². The number of aromatic nitrogens is 1. The van der Waals surface area contributed by atoms with Gasteiger partial charge < -0.3 is 9.84 Å². The largest absolute Gasteiger partial charge is 0.497 e. The van der Waals surface area contributed by atoms with E-state index in [1.54, 1.807) is 7.11 Å². The number of aryl methyl sites for hydroxylation is 1. The fraction of sp³-hybridized carbons (Fsp3) is 0.643. The number of ether oxygens (including phenoxy) is 1. The summed E-state index contributed by atoms with van der Waals surface area (Å²) in [6, 6.07) is 3.88. The van der Waals surface area contributed by atoms with Crippen LogP contribution in [0.3, 0.4) is 0 Å². The lowest BCUT2D eigenvalue weighted by molar-refractivity contribution is -0.131. The second-order valence-corrected chi connectivity index (χ2v) is 5.54. The van der Waals surface area contributed by atoms with E-state index in [9.17, 15) is 5.11 Å². The lowest BCUT2D eigenvalue weighted by Crippen LogP contribution is -2.63. The average molecular weight is 250 g/mol. The van der Waals surface area contributed by atoms with Gasteiger partial charge in [0.15, 0.2) is 0 Å². The van der Waals surface area contributed by atoms with E-state index in [1.807, 2.05) is 19.1 Å². The quantitative estimate of drug-likeness (QED) is 0.881. The molecule has 100 valence electrons. The Labute approximate surface area is 109 Å². The smallest absolute Gasteiger partial charge is 0.122 e. The molecule has 0 bridgehead atoms. The summed E-state index contributed by atoms with van der Waals surface area (Å²) in [4.78, 5) is 6.70. The minimum absolute atomic E-state index is 0.300. The fourth-order valence-electron chi connectivity index (χ4n) is 2.34. The third kappa shape index (κ3) is 2.65. The molecule has 1 aromatic rings. The van der Waals surface area contributed by atoms with Gasteiger partial charge in [-0.25, -0.2) is 0 Å². The minimum atomic E-state index is -0.520. The first-order chi connectivity index (χ1) is 8.43. The van der Waals surface area contributed by atoms with Crippen molar-refractivity contribution in [3.05, 3.63) is 23.5 Å². The Balaban J connectivity index is 1.98. The number of aliphatic hydroxyl groups is 1. The second kappa shape index (κ2) is 4.86. The van der Waals surface area contributed by atoms with Crippen molar-refractivity contribution in [2.75, 3.05) is 20.2 Å². The Bertz CT molecular complexity index is 426. The SMILES string of the molecule is COc1cc(C)nc(CN2CC(O)(C(C)C)C2)c1. The van der Waals surface area contributed by atoms with Crippen LogP contribution in [-0.2, 0) is 6.54 Å². The summed E-state index contributed by atoms with van der Waals surface area (Å²) in [6.45, 7) is 8.31. The van der Waals surface area contributed by atoms with Gasteiger partial charge in [0.1, 0.15) is 5.75 Å². The highest BCUT2D eigenvalue weighted by molar-refractivity contribution is 5.26. The van der Waals surface area contributed by atoms with Crippen molar-refractivity contribution >= 4 is 0 Å².